The molecule has 3 rings (SSSR count). The molecule has 1 heterocycles. The molecule has 0 atom stereocenters. The van der Waals surface area contributed by atoms with Crippen molar-refractivity contribution in [2.75, 3.05) is 13.2 Å². The number of hydrogen-bond acceptors (Lipinski definition) is 4. The van der Waals surface area contributed by atoms with Gasteiger partial charge in [0.1, 0.15) is 5.58 Å². The maximum atomic E-state index is 12.0. The molecule has 4 heteroatoms. The lowest BCUT2D eigenvalue weighted by Gasteiger charge is -2.07. The van der Waals surface area contributed by atoms with Crippen LogP contribution in [0, 0.1) is 6.92 Å². The minimum absolute atomic E-state index is 0.300. The first-order valence-electron chi connectivity index (χ1n) is 8.63. The van der Waals surface area contributed by atoms with Crippen molar-refractivity contribution in [2.45, 2.75) is 26.8 Å². The van der Waals surface area contributed by atoms with E-state index in [4.69, 9.17) is 9.15 Å². The normalized spacial score (nSPS) is 11.0. The first-order chi connectivity index (χ1) is 12.2. The molecule has 0 unspecified atom stereocenters. The van der Waals surface area contributed by atoms with Gasteiger partial charge in [-0.1, -0.05) is 42.5 Å². The van der Waals surface area contributed by atoms with Gasteiger partial charge in [0.05, 0.1) is 6.61 Å². The molecule has 0 saturated heterocycles. The van der Waals surface area contributed by atoms with Crippen LogP contribution in [0.1, 0.15) is 34.2 Å². The maximum absolute atomic E-state index is 12.0. The van der Waals surface area contributed by atoms with E-state index in [1.807, 2.05) is 25.1 Å². The van der Waals surface area contributed by atoms with Gasteiger partial charge in [-0.15, -0.1) is 0 Å². The van der Waals surface area contributed by atoms with E-state index in [1.54, 1.807) is 6.92 Å². The molecule has 3 aromatic rings. The van der Waals surface area contributed by atoms with Gasteiger partial charge < -0.3 is 14.5 Å². The van der Waals surface area contributed by atoms with E-state index in [2.05, 4.69) is 35.6 Å². The predicted molar refractivity (Wildman–Crippen MR) is 98.8 cm³/mol. The predicted octanol–water partition coefficient (Wildman–Crippen LogP) is 4.25. The molecule has 0 bridgehead atoms. The fourth-order valence-corrected chi connectivity index (χ4v) is 3.03. The van der Waals surface area contributed by atoms with Crippen LogP contribution in [0.5, 0.6) is 0 Å². The molecule has 0 fully saturated rings. The number of carbonyl (C=O) groups excluding carboxylic acids is 1. The van der Waals surface area contributed by atoms with E-state index in [0.717, 1.165) is 41.6 Å². The van der Waals surface area contributed by atoms with Crippen molar-refractivity contribution in [2.24, 2.45) is 0 Å². The summed E-state index contributed by atoms with van der Waals surface area (Å²) in [6, 6.07) is 16.3. The summed E-state index contributed by atoms with van der Waals surface area (Å²) in [4.78, 5) is 12.0. The second-order valence-electron chi connectivity index (χ2n) is 5.98. The molecule has 0 aliphatic rings. The highest BCUT2D eigenvalue weighted by Gasteiger charge is 2.20. The topological polar surface area (TPSA) is 51.5 Å². The smallest absolute Gasteiger partial charge is 0.374 e. The van der Waals surface area contributed by atoms with Crippen molar-refractivity contribution < 1.29 is 13.9 Å². The zero-order valence-corrected chi connectivity index (χ0v) is 14.7. The zero-order chi connectivity index (χ0) is 17.6. The van der Waals surface area contributed by atoms with Crippen LogP contribution in [-0.4, -0.2) is 19.1 Å². The zero-order valence-electron chi connectivity index (χ0n) is 14.7. The number of fused-ring (bicyclic) bond motifs is 1. The van der Waals surface area contributed by atoms with Crippen molar-refractivity contribution >= 4 is 16.9 Å². The number of aryl methyl sites for hydroxylation is 1. The molecule has 0 amide bonds. The average Bonchev–Trinajstić information content (AvgIpc) is 2.98. The summed E-state index contributed by atoms with van der Waals surface area (Å²) in [6.45, 7) is 5.65. The van der Waals surface area contributed by atoms with Crippen LogP contribution in [0.3, 0.4) is 0 Å². The minimum atomic E-state index is -0.404. The maximum Gasteiger partial charge on any atom is 0.374 e. The van der Waals surface area contributed by atoms with E-state index in [-0.39, 0.29) is 0 Å². The summed E-state index contributed by atoms with van der Waals surface area (Å²) in [6.07, 6.45) is 0.981. The van der Waals surface area contributed by atoms with Gasteiger partial charge in [0, 0.05) is 17.5 Å². The van der Waals surface area contributed by atoms with E-state index in [1.165, 1.54) is 5.56 Å². The fraction of sp³-hybridized carbons (Fsp3) is 0.286. The number of benzene rings is 2. The molecule has 0 saturated carbocycles. The van der Waals surface area contributed by atoms with Gasteiger partial charge in [0.2, 0.25) is 5.76 Å². The third-order valence-corrected chi connectivity index (χ3v) is 4.25. The van der Waals surface area contributed by atoms with Crippen LogP contribution in [0.15, 0.2) is 52.9 Å². The average molecular weight is 337 g/mol. The van der Waals surface area contributed by atoms with Gasteiger partial charge in [-0.2, -0.15) is 0 Å². The Morgan fingerprint density at radius 2 is 1.92 bits per heavy atom. The molecular weight excluding hydrogens is 314 g/mol. The van der Waals surface area contributed by atoms with Crippen molar-refractivity contribution in [3.05, 3.63) is 71.0 Å². The Bertz CT molecular complexity index is 852. The summed E-state index contributed by atoms with van der Waals surface area (Å²) in [5.41, 5.74) is 4.01. The lowest BCUT2D eigenvalue weighted by molar-refractivity contribution is 0.0491. The lowest BCUT2D eigenvalue weighted by Crippen LogP contribution is -2.16. The SMILES string of the molecule is CCOC(=O)c1oc2cccc(CNCCc3ccccc3)c2c1C. The van der Waals surface area contributed by atoms with E-state index in [0.29, 0.717) is 12.4 Å². The van der Waals surface area contributed by atoms with Gasteiger partial charge in [0.15, 0.2) is 0 Å². The minimum Gasteiger partial charge on any atom is -0.460 e. The number of hydrogen-bond donors (Lipinski definition) is 1. The van der Waals surface area contributed by atoms with Crippen molar-refractivity contribution in [1.29, 1.82) is 0 Å². The molecule has 4 nitrogen and oxygen atoms in total. The largest absolute Gasteiger partial charge is 0.460 e. The first-order valence-corrected chi connectivity index (χ1v) is 8.63. The van der Waals surface area contributed by atoms with Crippen LogP contribution in [-0.2, 0) is 17.7 Å². The molecule has 2 aromatic carbocycles. The second kappa shape index (κ2) is 7.99. The standard InChI is InChI=1S/C21H23NO3/c1-3-24-21(23)20-15(2)19-17(10-7-11-18(19)25-20)14-22-13-12-16-8-5-4-6-9-16/h4-11,22H,3,12-14H2,1-2H3. The van der Waals surface area contributed by atoms with Gasteiger partial charge in [-0.25, -0.2) is 4.79 Å². The lowest BCUT2D eigenvalue weighted by atomic mass is 10.1. The Hall–Kier alpha value is -2.59. The van der Waals surface area contributed by atoms with Crippen molar-refractivity contribution in [3.8, 4) is 0 Å². The van der Waals surface area contributed by atoms with Gasteiger partial charge in [-0.05, 0) is 44.0 Å². The van der Waals surface area contributed by atoms with E-state index >= 15 is 0 Å². The van der Waals surface area contributed by atoms with Crippen molar-refractivity contribution in [1.82, 2.24) is 5.32 Å². The number of carbonyl (C=O) groups is 1. The quantitative estimate of drug-likeness (QED) is 0.517. The third-order valence-electron chi connectivity index (χ3n) is 4.25. The number of furan rings is 1. The number of nitrogens with one attached hydrogen (secondary N) is 1. The second-order valence-corrected chi connectivity index (χ2v) is 5.98. The molecule has 25 heavy (non-hydrogen) atoms. The Balaban J connectivity index is 1.72. The summed E-state index contributed by atoms with van der Waals surface area (Å²) in [5, 5.41) is 4.47. The fourth-order valence-electron chi connectivity index (χ4n) is 3.03. The van der Waals surface area contributed by atoms with Gasteiger partial charge >= 0.3 is 5.97 Å². The third kappa shape index (κ3) is 3.91. The summed E-state index contributed by atoms with van der Waals surface area (Å²) in [7, 11) is 0. The summed E-state index contributed by atoms with van der Waals surface area (Å²) >= 11 is 0. The highest BCUT2D eigenvalue weighted by Crippen LogP contribution is 2.29. The van der Waals surface area contributed by atoms with Crippen LogP contribution in [0.2, 0.25) is 0 Å². The van der Waals surface area contributed by atoms with E-state index < -0.39 is 5.97 Å². The number of ether oxygens (including phenoxy) is 1. The van der Waals surface area contributed by atoms with E-state index in [9.17, 15) is 4.79 Å². The summed E-state index contributed by atoms with van der Waals surface area (Å²) < 4.78 is 10.8. The molecule has 0 aliphatic carbocycles. The molecule has 130 valence electrons. The molecule has 1 aromatic heterocycles. The van der Waals surface area contributed by atoms with Crippen molar-refractivity contribution in [3.63, 3.8) is 0 Å². The van der Waals surface area contributed by atoms with Crippen LogP contribution < -0.4 is 5.32 Å². The Kier molecular flexibility index (Phi) is 5.51. The Labute approximate surface area is 147 Å². The molecule has 0 radical (unpaired) electrons. The van der Waals surface area contributed by atoms with Gasteiger partial charge in [0.25, 0.3) is 0 Å². The van der Waals surface area contributed by atoms with Crippen LogP contribution in [0.4, 0.5) is 0 Å². The number of rotatable bonds is 7. The molecule has 0 aliphatic heterocycles. The number of esters is 1. The van der Waals surface area contributed by atoms with Crippen LogP contribution >= 0.6 is 0 Å². The Morgan fingerprint density at radius 1 is 1.12 bits per heavy atom. The highest BCUT2D eigenvalue weighted by atomic mass is 16.5. The van der Waals surface area contributed by atoms with Crippen LogP contribution in [0.25, 0.3) is 11.0 Å². The highest BCUT2D eigenvalue weighted by molar-refractivity contribution is 5.97. The monoisotopic (exact) mass is 337 g/mol. The summed E-state index contributed by atoms with van der Waals surface area (Å²) in [5.74, 6) is -0.104. The Morgan fingerprint density at radius 3 is 2.68 bits per heavy atom. The molecule has 0 spiro atoms. The molecule has 1 N–H and O–H groups in total. The van der Waals surface area contributed by atoms with Gasteiger partial charge in [-0.3, -0.25) is 0 Å². The molecular formula is C21H23NO3. The first kappa shape index (κ1) is 17.2.